The highest BCUT2D eigenvalue weighted by Gasteiger charge is 2.32. The summed E-state index contributed by atoms with van der Waals surface area (Å²) in [4.78, 5) is 18.0. The first-order valence-electron chi connectivity index (χ1n) is 8.04. The number of nitriles is 1. The molecule has 0 spiro atoms. The number of benzene rings is 1. The Morgan fingerprint density at radius 1 is 1.26 bits per heavy atom. The van der Waals surface area contributed by atoms with Crippen molar-refractivity contribution >= 4 is 15.7 Å². The molecule has 1 atom stereocenters. The van der Waals surface area contributed by atoms with Crippen LogP contribution in [0.2, 0.25) is 0 Å². The molecule has 1 unspecified atom stereocenters. The molecule has 140 valence electrons. The molecule has 1 fully saturated rings. The van der Waals surface area contributed by atoms with E-state index in [0.29, 0.717) is 19.4 Å². The molecule has 1 aromatic carbocycles. The van der Waals surface area contributed by atoms with E-state index in [-0.39, 0.29) is 28.7 Å². The summed E-state index contributed by atoms with van der Waals surface area (Å²) in [5.41, 5.74) is -0.145. The second-order valence-corrected chi connectivity index (χ2v) is 7.76. The van der Waals surface area contributed by atoms with Crippen LogP contribution in [-0.2, 0) is 10.0 Å². The van der Waals surface area contributed by atoms with Gasteiger partial charge in [0.25, 0.3) is 11.6 Å². The van der Waals surface area contributed by atoms with E-state index in [0.717, 1.165) is 12.1 Å². The number of hydrogen-bond acceptors (Lipinski definition) is 8. The third kappa shape index (κ3) is 4.02. The molecule has 0 N–H and O–H groups in total. The Labute approximate surface area is 155 Å². The summed E-state index contributed by atoms with van der Waals surface area (Å²) in [6, 6.07) is 6.63. The standard InChI is InChI=1S/C16H15N5O5S/c17-10-15-16(19-8-7-18-15)26-13-2-1-9-20(11-13)27(24,25)14-5-3-12(4-6-14)21(22)23/h3-8,13H,1-2,9,11H2. The van der Waals surface area contributed by atoms with Crippen molar-refractivity contribution in [1.82, 2.24) is 14.3 Å². The van der Waals surface area contributed by atoms with Gasteiger partial charge in [-0.25, -0.2) is 18.4 Å². The van der Waals surface area contributed by atoms with Crippen LogP contribution >= 0.6 is 0 Å². The molecule has 1 aliphatic rings. The summed E-state index contributed by atoms with van der Waals surface area (Å²) in [5, 5.41) is 19.8. The van der Waals surface area contributed by atoms with Crippen LogP contribution in [0.25, 0.3) is 0 Å². The quantitative estimate of drug-likeness (QED) is 0.553. The first kappa shape index (κ1) is 18.7. The largest absolute Gasteiger partial charge is 0.471 e. The molecule has 0 aliphatic carbocycles. The molecule has 2 heterocycles. The molecule has 1 saturated heterocycles. The number of aromatic nitrogens is 2. The topological polar surface area (TPSA) is 139 Å². The molecule has 0 amide bonds. The summed E-state index contributed by atoms with van der Waals surface area (Å²) in [6.45, 7) is 0.394. The Bertz CT molecular complexity index is 987. The lowest BCUT2D eigenvalue weighted by Crippen LogP contribution is -2.44. The molecule has 0 radical (unpaired) electrons. The summed E-state index contributed by atoms with van der Waals surface area (Å²) in [5.74, 6) is 0.0691. The number of rotatable bonds is 5. The van der Waals surface area contributed by atoms with E-state index in [1.165, 1.54) is 28.8 Å². The van der Waals surface area contributed by atoms with Crippen molar-refractivity contribution in [2.75, 3.05) is 13.1 Å². The second-order valence-electron chi connectivity index (χ2n) is 5.82. The summed E-state index contributed by atoms with van der Waals surface area (Å²) < 4.78 is 32.6. The first-order valence-corrected chi connectivity index (χ1v) is 9.48. The van der Waals surface area contributed by atoms with E-state index in [1.807, 2.05) is 6.07 Å². The third-order valence-electron chi connectivity index (χ3n) is 4.08. The number of non-ortho nitro benzene ring substituents is 1. The van der Waals surface area contributed by atoms with Gasteiger partial charge in [-0.2, -0.15) is 9.57 Å². The van der Waals surface area contributed by atoms with Crippen molar-refractivity contribution in [3.8, 4) is 11.9 Å². The maximum Gasteiger partial charge on any atom is 0.269 e. The van der Waals surface area contributed by atoms with Gasteiger partial charge in [-0.3, -0.25) is 10.1 Å². The number of hydrogen-bond donors (Lipinski definition) is 0. The lowest BCUT2D eigenvalue weighted by Gasteiger charge is -2.31. The van der Waals surface area contributed by atoms with E-state index >= 15 is 0 Å². The van der Waals surface area contributed by atoms with Gasteiger partial charge in [0.1, 0.15) is 12.2 Å². The van der Waals surface area contributed by atoms with Crippen LogP contribution in [0, 0.1) is 21.4 Å². The molecular formula is C16H15N5O5S. The zero-order chi connectivity index (χ0) is 19.4. The van der Waals surface area contributed by atoms with E-state index in [2.05, 4.69) is 9.97 Å². The van der Waals surface area contributed by atoms with Crippen LogP contribution in [0.5, 0.6) is 5.88 Å². The highest BCUT2D eigenvalue weighted by atomic mass is 32.2. The van der Waals surface area contributed by atoms with Crippen molar-refractivity contribution in [1.29, 1.82) is 5.26 Å². The lowest BCUT2D eigenvalue weighted by molar-refractivity contribution is -0.384. The maximum atomic E-state index is 12.8. The van der Waals surface area contributed by atoms with Crippen molar-refractivity contribution in [3.63, 3.8) is 0 Å². The van der Waals surface area contributed by atoms with Gasteiger partial charge in [-0.05, 0) is 25.0 Å². The minimum atomic E-state index is -3.82. The van der Waals surface area contributed by atoms with Crippen LogP contribution in [0.1, 0.15) is 18.5 Å². The highest BCUT2D eigenvalue weighted by Crippen LogP contribution is 2.25. The van der Waals surface area contributed by atoms with E-state index < -0.39 is 21.1 Å². The normalized spacial score (nSPS) is 17.8. The van der Waals surface area contributed by atoms with Crippen LogP contribution < -0.4 is 4.74 Å². The minimum absolute atomic E-state index is 0.0223. The number of piperidine rings is 1. The van der Waals surface area contributed by atoms with Gasteiger partial charge in [0.05, 0.1) is 16.4 Å². The summed E-state index contributed by atoms with van der Waals surface area (Å²) in [6.07, 6.45) is 3.46. The van der Waals surface area contributed by atoms with E-state index in [4.69, 9.17) is 10.00 Å². The van der Waals surface area contributed by atoms with E-state index in [1.54, 1.807) is 0 Å². The fourth-order valence-corrected chi connectivity index (χ4v) is 4.26. The summed E-state index contributed by atoms with van der Waals surface area (Å²) in [7, 11) is -3.82. The molecule has 27 heavy (non-hydrogen) atoms. The van der Waals surface area contributed by atoms with Gasteiger partial charge in [-0.1, -0.05) is 0 Å². The zero-order valence-electron chi connectivity index (χ0n) is 14.1. The highest BCUT2D eigenvalue weighted by molar-refractivity contribution is 7.89. The Hall–Kier alpha value is -3.10. The van der Waals surface area contributed by atoms with Gasteiger partial charge < -0.3 is 4.74 Å². The Morgan fingerprint density at radius 3 is 2.63 bits per heavy atom. The SMILES string of the molecule is N#Cc1nccnc1OC1CCCN(S(=O)(=O)c2ccc([N+](=O)[O-])cc2)C1. The van der Waals surface area contributed by atoms with E-state index in [9.17, 15) is 18.5 Å². The van der Waals surface area contributed by atoms with Crippen LogP contribution in [0.15, 0.2) is 41.6 Å². The number of ether oxygens (including phenoxy) is 1. The Morgan fingerprint density at radius 2 is 1.96 bits per heavy atom. The van der Waals surface area contributed by atoms with Gasteiger partial charge in [-0.15, -0.1) is 0 Å². The lowest BCUT2D eigenvalue weighted by atomic mass is 10.1. The molecule has 11 heteroatoms. The molecular weight excluding hydrogens is 374 g/mol. The van der Waals surface area contributed by atoms with Crippen molar-refractivity contribution in [3.05, 3.63) is 52.5 Å². The number of nitro groups is 1. The molecule has 2 aromatic rings. The zero-order valence-corrected chi connectivity index (χ0v) is 14.9. The summed E-state index contributed by atoms with van der Waals surface area (Å²) >= 11 is 0. The molecule has 3 rings (SSSR count). The fraction of sp³-hybridized carbons (Fsp3) is 0.312. The number of nitrogens with zero attached hydrogens (tertiary/aromatic N) is 5. The van der Waals surface area contributed by atoms with Crippen molar-refractivity contribution < 1.29 is 18.1 Å². The molecule has 1 aliphatic heterocycles. The van der Waals surface area contributed by atoms with Crippen LogP contribution in [0.3, 0.4) is 0 Å². The van der Waals surface area contributed by atoms with Crippen molar-refractivity contribution in [2.45, 2.75) is 23.8 Å². The number of sulfonamides is 1. The second kappa shape index (κ2) is 7.65. The monoisotopic (exact) mass is 389 g/mol. The smallest absolute Gasteiger partial charge is 0.269 e. The molecule has 0 bridgehead atoms. The maximum absolute atomic E-state index is 12.8. The van der Waals surface area contributed by atoms with Crippen molar-refractivity contribution in [2.24, 2.45) is 0 Å². The average molecular weight is 389 g/mol. The molecule has 10 nitrogen and oxygen atoms in total. The van der Waals surface area contributed by atoms with Gasteiger partial charge in [0.2, 0.25) is 15.7 Å². The average Bonchev–Trinajstić information content (AvgIpc) is 2.68. The predicted octanol–water partition coefficient (Wildman–Crippen LogP) is 1.49. The van der Waals surface area contributed by atoms with Crippen LogP contribution in [-0.4, -0.2) is 46.8 Å². The van der Waals surface area contributed by atoms with Crippen LogP contribution in [0.4, 0.5) is 5.69 Å². The Balaban J connectivity index is 1.77. The predicted molar refractivity (Wildman–Crippen MR) is 92.3 cm³/mol. The van der Waals surface area contributed by atoms with Gasteiger partial charge in [0.15, 0.2) is 0 Å². The van der Waals surface area contributed by atoms with Gasteiger partial charge >= 0.3 is 0 Å². The first-order chi connectivity index (χ1) is 12.9. The Kier molecular flexibility index (Phi) is 5.29. The number of nitro benzene ring substituents is 1. The van der Waals surface area contributed by atoms with Gasteiger partial charge in [0, 0.05) is 31.1 Å². The fourth-order valence-electron chi connectivity index (χ4n) is 2.75. The minimum Gasteiger partial charge on any atom is -0.471 e. The third-order valence-corrected chi connectivity index (χ3v) is 5.95. The molecule has 0 saturated carbocycles. The molecule has 1 aromatic heterocycles.